The topological polar surface area (TPSA) is 58.5 Å². The van der Waals surface area contributed by atoms with Crippen LogP contribution in [0, 0.1) is 0 Å². The normalized spacial score (nSPS) is 11.4. The minimum absolute atomic E-state index is 0.592. The van der Waals surface area contributed by atoms with Gasteiger partial charge >= 0.3 is 0 Å². The molecule has 0 bridgehead atoms. The first-order chi connectivity index (χ1) is 9.86. The van der Waals surface area contributed by atoms with Crippen LogP contribution in [0.5, 0.6) is 0 Å². The van der Waals surface area contributed by atoms with Crippen LogP contribution < -0.4 is 10.6 Å². The summed E-state index contributed by atoms with van der Waals surface area (Å²) in [5, 5.41) is 6.56. The first-order valence-electron chi connectivity index (χ1n) is 7.36. The number of unbranched alkanes of at least 4 members (excludes halogenated alkanes) is 1. The van der Waals surface area contributed by atoms with Gasteiger partial charge in [0.15, 0.2) is 5.96 Å². The fraction of sp³-hybridized carbons (Fsp3) is 0.600. The van der Waals surface area contributed by atoms with Gasteiger partial charge in [-0.25, -0.2) is 4.99 Å². The molecule has 0 aromatic carbocycles. The highest BCUT2D eigenvalue weighted by atomic mass is 16.5. The van der Waals surface area contributed by atoms with E-state index >= 15 is 0 Å². The molecule has 0 spiro atoms. The molecule has 0 atom stereocenters. The van der Waals surface area contributed by atoms with Crippen LogP contribution >= 0.6 is 0 Å². The third-order valence-electron chi connectivity index (χ3n) is 2.68. The maximum atomic E-state index is 5.31. The van der Waals surface area contributed by atoms with Gasteiger partial charge < -0.3 is 15.4 Å². The van der Waals surface area contributed by atoms with Crippen molar-refractivity contribution in [3.8, 4) is 0 Å². The van der Waals surface area contributed by atoms with Crippen LogP contribution in [0.4, 0.5) is 0 Å². The smallest absolute Gasteiger partial charge is 0.191 e. The van der Waals surface area contributed by atoms with Crippen LogP contribution in [0.25, 0.3) is 0 Å². The second kappa shape index (κ2) is 11.2. The number of guanidine groups is 1. The molecule has 1 aromatic rings. The number of aromatic nitrogens is 1. The van der Waals surface area contributed by atoms with Gasteiger partial charge in [-0.05, 0) is 38.8 Å². The zero-order valence-corrected chi connectivity index (χ0v) is 12.6. The van der Waals surface area contributed by atoms with Gasteiger partial charge in [-0.2, -0.15) is 0 Å². The van der Waals surface area contributed by atoms with Crippen molar-refractivity contribution in [1.29, 1.82) is 0 Å². The Hall–Kier alpha value is -1.62. The molecule has 0 fully saturated rings. The van der Waals surface area contributed by atoms with Crippen LogP contribution in [0.1, 0.15) is 32.4 Å². The molecule has 0 saturated carbocycles. The van der Waals surface area contributed by atoms with Crippen LogP contribution in [0.3, 0.4) is 0 Å². The van der Waals surface area contributed by atoms with Gasteiger partial charge in [0.05, 0.1) is 12.2 Å². The standard InChI is InChI=1S/C15H26N4O/c1-3-16-15(18-11-7-8-12-20-4-2)19-13-14-9-5-6-10-17-14/h5-6,9-10H,3-4,7-8,11-13H2,1-2H3,(H2,16,18,19). The van der Waals surface area contributed by atoms with E-state index in [-0.39, 0.29) is 0 Å². The van der Waals surface area contributed by atoms with Crippen molar-refractivity contribution in [2.24, 2.45) is 4.99 Å². The summed E-state index contributed by atoms with van der Waals surface area (Å²) < 4.78 is 5.31. The van der Waals surface area contributed by atoms with E-state index in [1.165, 1.54) is 0 Å². The molecule has 0 saturated heterocycles. The second-order valence-corrected chi connectivity index (χ2v) is 4.35. The van der Waals surface area contributed by atoms with E-state index < -0.39 is 0 Å². The minimum Gasteiger partial charge on any atom is -0.382 e. The fourth-order valence-corrected chi connectivity index (χ4v) is 1.67. The Morgan fingerprint density at radius 1 is 1.25 bits per heavy atom. The van der Waals surface area contributed by atoms with Crippen molar-refractivity contribution in [2.75, 3.05) is 26.3 Å². The Morgan fingerprint density at radius 3 is 2.85 bits per heavy atom. The number of hydrogen-bond donors (Lipinski definition) is 2. The van der Waals surface area contributed by atoms with Gasteiger partial charge in [0.25, 0.3) is 0 Å². The lowest BCUT2D eigenvalue weighted by molar-refractivity contribution is 0.143. The summed E-state index contributed by atoms with van der Waals surface area (Å²) in [6.45, 7) is 8.06. The van der Waals surface area contributed by atoms with Crippen molar-refractivity contribution in [3.63, 3.8) is 0 Å². The van der Waals surface area contributed by atoms with Gasteiger partial charge in [-0.15, -0.1) is 0 Å². The molecule has 1 rings (SSSR count). The number of rotatable bonds is 9. The molecule has 1 heterocycles. The predicted molar refractivity (Wildman–Crippen MR) is 82.8 cm³/mol. The Bertz CT molecular complexity index is 367. The SMILES string of the molecule is CCNC(=NCc1ccccn1)NCCCCOCC. The molecule has 0 amide bonds. The Labute approximate surface area is 121 Å². The minimum atomic E-state index is 0.592. The molecule has 0 aliphatic carbocycles. The molecular weight excluding hydrogens is 252 g/mol. The number of aliphatic imine (C=N–C) groups is 1. The molecule has 5 heteroatoms. The quantitative estimate of drug-likeness (QED) is 0.412. The van der Waals surface area contributed by atoms with Crippen LogP contribution in [0.2, 0.25) is 0 Å². The summed E-state index contributed by atoms with van der Waals surface area (Å²) in [5.74, 6) is 0.842. The van der Waals surface area contributed by atoms with Crippen molar-refractivity contribution < 1.29 is 4.74 Å². The summed E-state index contributed by atoms with van der Waals surface area (Å²) in [6, 6.07) is 5.87. The summed E-state index contributed by atoms with van der Waals surface area (Å²) in [6.07, 6.45) is 3.94. The van der Waals surface area contributed by atoms with E-state index in [0.29, 0.717) is 6.54 Å². The van der Waals surface area contributed by atoms with E-state index in [1.54, 1.807) is 6.20 Å². The number of ether oxygens (including phenoxy) is 1. The molecule has 112 valence electrons. The van der Waals surface area contributed by atoms with Gasteiger partial charge in [0, 0.05) is 32.5 Å². The molecular formula is C15H26N4O. The van der Waals surface area contributed by atoms with Crippen molar-refractivity contribution in [1.82, 2.24) is 15.6 Å². The van der Waals surface area contributed by atoms with Crippen LogP contribution in [-0.4, -0.2) is 37.2 Å². The van der Waals surface area contributed by atoms with Crippen LogP contribution in [-0.2, 0) is 11.3 Å². The van der Waals surface area contributed by atoms with E-state index in [0.717, 1.165) is 50.8 Å². The lowest BCUT2D eigenvalue weighted by Crippen LogP contribution is -2.37. The van der Waals surface area contributed by atoms with E-state index in [4.69, 9.17) is 4.74 Å². The highest BCUT2D eigenvalue weighted by molar-refractivity contribution is 5.79. The van der Waals surface area contributed by atoms with Crippen molar-refractivity contribution in [2.45, 2.75) is 33.2 Å². The van der Waals surface area contributed by atoms with Crippen molar-refractivity contribution >= 4 is 5.96 Å². The maximum absolute atomic E-state index is 5.31. The number of nitrogens with one attached hydrogen (secondary N) is 2. The van der Waals surface area contributed by atoms with E-state index in [1.807, 2.05) is 25.1 Å². The molecule has 5 nitrogen and oxygen atoms in total. The van der Waals surface area contributed by atoms with Gasteiger partial charge in [-0.3, -0.25) is 4.98 Å². The fourth-order valence-electron chi connectivity index (χ4n) is 1.67. The zero-order valence-electron chi connectivity index (χ0n) is 12.6. The molecule has 1 aromatic heterocycles. The third-order valence-corrected chi connectivity index (χ3v) is 2.68. The average molecular weight is 278 g/mol. The predicted octanol–water partition coefficient (Wildman–Crippen LogP) is 1.95. The number of pyridine rings is 1. The monoisotopic (exact) mass is 278 g/mol. The first-order valence-corrected chi connectivity index (χ1v) is 7.36. The summed E-state index contributed by atoms with van der Waals surface area (Å²) in [7, 11) is 0. The molecule has 20 heavy (non-hydrogen) atoms. The molecule has 0 aliphatic rings. The molecule has 0 unspecified atom stereocenters. The first kappa shape index (κ1) is 16.4. The highest BCUT2D eigenvalue weighted by Gasteiger charge is 1.97. The van der Waals surface area contributed by atoms with E-state index in [9.17, 15) is 0 Å². The highest BCUT2D eigenvalue weighted by Crippen LogP contribution is 1.95. The largest absolute Gasteiger partial charge is 0.382 e. The Kier molecular flexibility index (Phi) is 9.23. The Morgan fingerprint density at radius 2 is 2.15 bits per heavy atom. The maximum Gasteiger partial charge on any atom is 0.191 e. The molecule has 0 radical (unpaired) electrons. The second-order valence-electron chi connectivity index (χ2n) is 4.35. The number of hydrogen-bond acceptors (Lipinski definition) is 3. The molecule has 2 N–H and O–H groups in total. The van der Waals surface area contributed by atoms with Gasteiger partial charge in [-0.1, -0.05) is 6.07 Å². The van der Waals surface area contributed by atoms with Gasteiger partial charge in [0.1, 0.15) is 0 Å². The number of nitrogens with zero attached hydrogens (tertiary/aromatic N) is 2. The summed E-state index contributed by atoms with van der Waals surface area (Å²) in [5.41, 5.74) is 0.973. The van der Waals surface area contributed by atoms with E-state index in [2.05, 4.69) is 27.5 Å². The lowest BCUT2D eigenvalue weighted by Gasteiger charge is -2.11. The summed E-state index contributed by atoms with van der Waals surface area (Å²) in [4.78, 5) is 8.78. The third kappa shape index (κ3) is 7.74. The van der Waals surface area contributed by atoms with Crippen LogP contribution in [0.15, 0.2) is 29.4 Å². The Balaban J connectivity index is 2.28. The van der Waals surface area contributed by atoms with Crippen molar-refractivity contribution in [3.05, 3.63) is 30.1 Å². The summed E-state index contributed by atoms with van der Waals surface area (Å²) >= 11 is 0. The molecule has 0 aliphatic heterocycles. The average Bonchev–Trinajstić information content (AvgIpc) is 2.49. The van der Waals surface area contributed by atoms with Gasteiger partial charge in [0.2, 0.25) is 0 Å². The zero-order chi connectivity index (χ0) is 14.5. The lowest BCUT2D eigenvalue weighted by atomic mass is 10.3.